The summed E-state index contributed by atoms with van der Waals surface area (Å²) in [6.07, 6.45) is 0. The minimum absolute atomic E-state index is 0.665. The largest absolute Gasteiger partial charge is 0.881 e. The molecule has 0 spiro atoms. The van der Waals surface area contributed by atoms with Crippen LogP contribution < -0.4 is 7.58 Å². The highest BCUT2D eigenvalue weighted by Crippen LogP contribution is 2.35. The third-order valence-electron chi connectivity index (χ3n) is 11.9. The molecule has 3 aromatic heterocycles. The van der Waals surface area contributed by atoms with E-state index in [1.165, 1.54) is 77.2 Å². The maximum Gasteiger partial charge on any atom is 0.881 e. The lowest BCUT2D eigenvalue weighted by molar-refractivity contribution is 0.461. The fourth-order valence-electron chi connectivity index (χ4n) is 8.81. The topological polar surface area (TPSA) is 41.2 Å². The highest BCUT2D eigenvalue weighted by atomic mass is 31.0. The fraction of sp³-hybridized carbons (Fsp3) is 0.0339. The van der Waals surface area contributed by atoms with Crippen LogP contribution in [0.1, 0.15) is 5.69 Å². The predicted octanol–water partition coefficient (Wildman–Crippen LogP) is 14.7. The fourth-order valence-corrected chi connectivity index (χ4v) is 9.42. The molecule has 0 aliphatic carbocycles. The molecule has 0 fully saturated rings. The molecule has 0 saturated carbocycles. The molecular formula is C59H45AlBN3O2P. The van der Waals surface area contributed by atoms with Crippen LogP contribution in [-0.4, -0.2) is 43.9 Å². The molecule has 0 saturated heterocycles. The van der Waals surface area contributed by atoms with E-state index in [-0.39, 0.29) is 0 Å². The molecule has 8 heteroatoms. The molecule has 3 radical (unpaired) electrons. The number of nitrogens with zero attached hydrogens (tertiary/aromatic N) is 3. The van der Waals surface area contributed by atoms with E-state index < -0.39 is 15.9 Å². The van der Waals surface area contributed by atoms with Gasteiger partial charge in [-0.3, -0.25) is 0 Å². The Morgan fingerprint density at radius 3 is 1.30 bits per heavy atom. The predicted molar refractivity (Wildman–Crippen MR) is 286 cm³/mol. The first-order chi connectivity index (χ1) is 33.1. The zero-order valence-corrected chi connectivity index (χ0v) is 39.3. The van der Waals surface area contributed by atoms with Crippen molar-refractivity contribution >= 4 is 87.5 Å². The quantitative estimate of drug-likeness (QED) is 0.113. The van der Waals surface area contributed by atoms with E-state index in [1.54, 1.807) is 0 Å². The van der Waals surface area contributed by atoms with Gasteiger partial charge in [0.25, 0.3) is 0 Å². The molecule has 3 heterocycles. The van der Waals surface area contributed by atoms with Gasteiger partial charge in [-0.1, -0.05) is 164 Å². The van der Waals surface area contributed by atoms with Gasteiger partial charge in [-0.2, -0.15) is 0 Å². The maximum absolute atomic E-state index is 5.89. The smallest absolute Gasteiger partial charge is 0.616 e. The van der Waals surface area contributed by atoms with Crippen LogP contribution in [-0.2, 0) is 0 Å². The molecular weight excluding hydrogens is 851 g/mol. The van der Waals surface area contributed by atoms with Crippen LogP contribution in [0.2, 0.25) is 0 Å². The van der Waals surface area contributed by atoms with Crippen LogP contribution in [0, 0.1) is 6.92 Å². The van der Waals surface area contributed by atoms with Crippen molar-refractivity contribution in [2.75, 3.05) is 6.06 Å². The lowest BCUT2D eigenvalue weighted by atomic mass is 10.0. The highest BCUT2D eigenvalue weighted by Gasteiger charge is 2.14. The number of aryl methyl sites for hydroxylation is 1. The number of rotatable bonds is 8. The second-order valence-corrected chi connectivity index (χ2v) is 17.2. The zero-order chi connectivity index (χ0) is 45.5. The van der Waals surface area contributed by atoms with Crippen LogP contribution in [0.15, 0.2) is 231 Å². The third kappa shape index (κ3) is 9.11. The van der Waals surface area contributed by atoms with E-state index in [0.29, 0.717) is 6.06 Å². The van der Waals surface area contributed by atoms with Crippen LogP contribution in [0.3, 0.4) is 0 Å². The van der Waals surface area contributed by atoms with Crippen molar-refractivity contribution in [3.63, 3.8) is 0 Å². The molecule has 9 aromatic carbocycles. The molecule has 12 rings (SSSR count). The second kappa shape index (κ2) is 20.0. The Morgan fingerprint density at radius 1 is 0.433 bits per heavy atom. The summed E-state index contributed by atoms with van der Waals surface area (Å²) in [5.41, 5.74) is 13.9. The van der Waals surface area contributed by atoms with Crippen molar-refractivity contribution in [2.45, 2.75) is 6.92 Å². The number of hydrogen-bond acceptors (Lipinski definition) is 3. The van der Waals surface area contributed by atoms with Gasteiger partial charge in [0.2, 0.25) is 0 Å². The van der Waals surface area contributed by atoms with E-state index >= 15 is 0 Å². The SMILES string of the molecule is Cc1ccc2cccc([O][Al][O]c3ccc(-c4ccccc4)cc3)c2n1.[B]CP.c1ccc2c(c1)c1ccccc1n2-c1ccc(-c2ccc(-n3c4ccccc4c4ccccc43)cc2)cc1. The second-order valence-electron chi connectivity index (χ2n) is 16.1. The lowest BCUT2D eigenvalue weighted by Gasteiger charge is -2.11. The minimum Gasteiger partial charge on any atom is -0.616 e. The summed E-state index contributed by atoms with van der Waals surface area (Å²) in [5.74, 6) is 1.58. The van der Waals surface area contributed by atoms with Crippen molar-refractivity contribution in [3.05, 3.63) is 236 Å². The molecule has 1 atom stereocenters. The monoisotopic (exact) mass is 896 g/mol. The summed E-state index contributed by atoms with van der Waals surface area (Å²) in [7, 11) is 7.17. The van der Waals surface area contributed by atoms with Gasteiger partial charge in [0.1, 0.15) is 11.3 Å². The lowest BCUT2D eigenvalue weighted by Crippen LogP contribution is -2.11. The van der Waals surface area contributed by atoms with Crippen molar-refractivity contribution < 1.29 is 7.58 Å². The van der Waals surface area contributed by atoms with Gasteiger partial charge in [0, 0.05) is 44.0 Å². The Balaban J connectivity index is 0.000000158. The van der Waals surface area contributed by atoms with Gasteiger partial charge in [-0.05, 0) is 102 Å². The average molecular weight is 897 g/mol. The van der Waals surface area contributed by atoms with Crippen molar-refractivity contribution in [1.29, 1.82) is 0 Å². The molecule has 5 nitrogen and oxygen atoms in total. The first-order valence-electron chi connectivity index (χ1n) is 22.3. The van der Waals surface area contributed by atoms with Gasteiger partial charge >= 0.3 is 15.9 Å². The van der Waals surface area contributed by atoms with E-state index in [2.05, 4.69) is 199 Å². The average Bonchev–Trinajstić information content (AvgIpc) is 3.91. The molecule has 67 heavy (non-hydrogen) atoms. The summed E-state index contributed by atoms with van der Waals surface area (Å²) >= 11 is -0.665. The first kappa shape index (κ1) is 43.5. The molecule has 0 amide bonds. The Labute approximate surface area is 401 Å². The van der Waals surface area contributed by atoms with Gasteiger partial charge in [0.15, 0.2) is 0 Å². The van der Waals surface area contributed by atoms with E-state index in [4.69, 9.17) is 15.4 Å². The van der Waals surface area contributed by atoms with Crippen LogP contribution in [0.5, 0.6) is 11.5 Å². The Bertz CT molecular complexity index is 3350. The number of pyridine rings is 1. The van der Waals surface area contributed by atoms with Gasteiger partial charge < -0.3 is 16.7 Å². The summed E-state index contributed by atoms with van der Waals surface area (Å²) in [4.78, 5) is 4.58. The molecule has 1 unspecified atom stereocenters. The number of para-hydroxylation sites is 5. The van der Waals surface area contributed by atoms with Crippen LogP contribution in [0.25, 0.3) is 88.1 Å². The van der Waals surface area contributed by atoms with E-state index in [9.17, 15) is 0 Å². The zero-order valence-electron chi connectivity index (χ0n) is 37.0. The highest BCUT2D eigenvalue weighted by molar-refractivity contribution is 7.19. The Hall–Kier alpha value is -7.38. The van der Waals surface area contributed by atoms with Crippen LogP contribution >= 0.6 is 9.24 Å². The summed E-state index contributed by atoms with van der Waals surface area (Å²) in [5, 5.41) is 6.21. The van der Waals surface area contributed by atoms with Gasteiger partial charge in [-0.15, -0.1) is 9.24 Å². The van der Waals surface area contributed by atoms with E-state index in [1.807, 2.05) is 61.5 Å². The molecule has 0 aliphatic rings. The van der Waals surface area contributed by atoms with E-state index in [0.717, 1.165) is 28.1 Å². The normalized spacial score (nSPS) is 11.0. The van der Waals surface area contributed by atoms with Gasteiger partial charge in [-0.25, -0.2) is 4.98 Å². The molecule has 0 bridgehead atoms. The first-order valence-corrected chi connectivity index (χ1v) is 24.1. The number of benzene rings is 9. The van der Waals surface area contributed by atoms with Gasteiger partial charge in [0.05, 0.1) is 35.7 Å². The third-order valence-corrected chi connectivity index (χ3v) is 12.6. The maximum atomic E-state index is 5.89. The number of hydrogen-bond donors (Lipinski definition) is 0. The molecule has 0 N–H and O–H groups in total. The number of aromatic nitrogens is 3. The minimum atomic E-state index is -0.665. The van der Waals surface area contributed by atoms with Crippen molar-refractivity contribution in [1.82, 2.24) is 14.1 Å². The summed E-state index contributed by atoms with van der Waals surface area (Å²) < 4.78 is 16.4. The van der Waals surface area contributed by atoms with Crippen LogP contribution in [0.4, 0.5) is 0 Å². The standard InChI is InChI=1S/C36H24N2.C12H10O.C10H9NO.CH4BP.Al/c1-5-13-33-29(9-1)30-10-2-6-14-34(30)37(33)27-21-17-25(18-22-27)26-19-23-28(24-20-26)38-35-15-7-3-11-31(35)32-12-4-8-16-36(32)38;13-12-8-6-11(7-9-12)10-4-2-1-3-5-10;1-7-5-6-8-3-2-4-9(12)10(8)11-7;2-1-3;/h1-24H;1-9,13H;2-6,12H,1H3;1,3H2;/q;;;;+2/p-2. The molecule has 0 aliphatic heterocycles. The summed E-state index contributed by atoms with van der Waals surface area (Å²) in [6, 6.07) is 81.5. The van der Waals surface area contributed by atoms with Crippen molar-refractivity contribution in [2.24, 2.45) is 0 Å². The Morgan fingerprint density at radius 2 is 0.836 bits per heavy atom. The molecule has 319 valence electrons. The van der Waals surface area contributed by atoms with Crippen molar-refractivity contribution in [3.8, 4) is 45.1 Å². The number of fused-ring (bicyclic) bond motifs is 7. The Kier molecular flexibility index (Phi) is 13.0. The molecule has 12 aromatic rings. The summed E-state index contributed by atoms with van der Waals surface area (Å²) in [6.45, 7) is 1.98.